The predicted molar refractivity (Wildman–Crippen MR) is 63.5 cm³/mol. The molecule has 4 heteroatoms. The van der Waals surface area contributed by atoms with Crippen LogP contribution in [0, 0.1) is 0 Å². The normalized spacial score (nSPS) is 22.5. The molecule has 1 atom stereocenters. The topological polar surface area (TPSA) is 30.3 Å². The van der Waals surface area contributed by atoms with Gasteiger partial charge in [0.1, 0.15) is 5.82 Å². The van der Waals surface area contributed by atoms with E-state index < -0.39 is 0 Å². The number of imidazole rings is 1. The van der Waals surface area contributed by atoms with E-state index in [-0.39, 0.29) is 0 Å². The Hall–Kier alpha value is -0.870. The van der Waals surface area contributed by atoms with Gasteiger partial charge in [0.05, 0.1) is 19.3 Å². The third-order valence-corrected chi connectivity index (χ3v) is 3.19. The lowest BCUT2D eigenvalue weighted by atomic mass is 10.2. The molecule has 1 aliphatic heterocycles. The number of hydrogen-bond donors (Lipinski definition) is 0. The number of rotatable bonds is 4. The first-order chi connectivity index (χ1) is 7.83. The monoisotopic (exact) mass is 223 g/mol. The van der Waals surface area contributed by atoms with E-state index in [4.69, 9.17) is 4.74 Å². The Morgan fingerprint density at radius 2 is 2.38 bits per heavy atom. The van der Waals surface area contributed by atoms with E-state index in [0.717, 1.165) is 45.0 Å². The molecule has 0 aromatic carbocycles. The average Bonchev–Trinajstić information content (AvgIpc) is 2.76. The molecule has 1 aromatic rings. The Labute approximate surface area is 97.2 Å². The summed E-state index contributed by atoms with van der Waals surface area (Å²) < 4.78 is 8.00. The highest BCUT2D eigenvalue weighted by Gasteiger charge is 2.20. The molecule has 1 aromatic heterocycles. The van der Waals surface area contributed by atoms with E-state index in [0.29, 0.717) is 6.10 Å². The summed E-state index contributed by atoms with van der Waals surface area (Å²) in [6, 6.07) is 0. The molecule has 16 heavy (non-hydrogen) atoms. The van der Waals surface area contributed by atoms with Crippen molar-refractivity contribution < 1.29 is 4.74 Å². The van der Waals surface area contributed by atoms with Crippen LogP contribution < -0.4 is 0 Å². The first-order valence-electron chi connectivity index (χ1n) is 6.17. The smallest absolute Gasteiger partial charge is 0.108 e. The standard InChI is InChI=1S/C12H21N3O/c1-3-12-13-5-6-15(12)10-11-9-14(4-2)7-8-16-11/h5-6,11H,3-4,7-10H2,1-2H3. The Balaban J connectivity index is 1.93. The van der Waals surface area contributed by atoms with Crippen molar-refractivity contribution in [3.63, 3.8) is 0 Å². The van der Waals surface area contributed by atoms with E-state index in [1.54, 1.807) is 0 Å². The lowest BCUT2D eigenvalue weighted by Gasteiger charge is -2.32. The third kappa shape index (κ3) is 2.62. The van der Waals surface area contributed by atoms with E-state index >= 15 is 0 Å². The molecule has 0 bridgehead atoms. The van der Waals surface area contributed by atoms with Crippen molar-refractivity contribution in [3.8, 4) is 0 Å². The van der Waals surface area contributed by atoms with Crippen LogP contribution in [0.1, 0.15) is 19.7 Å². The van der Waals surface area contributed by atoms with Crippen molar-refractivity contribution in [2.75, 3.05) is 26.2 Å². The highest BCUT2D eigenvalue weighted by molar-refractivity contribution is 4.92. The molecule has 0 saturated carbocycles. The lowest BCUT2D eigenvalue weighted by molar-refractivity contribution is -0.0346. The van der Waals surface area contributed by atoms with Crippen LogP contribution in [0.3, 0.4) is 0 Å². The highest BCUT2D eigenvalue weighted by atomic mass is 16.5. The van der Waals surface area contributed by atoms with E-state index in [9.17, 15) is 0 Å². The molecule has 2 heterocycles. The van der Waals surface area contributed by atoms with Crippen molar-refractivity contribution in [3.05, 3.63) is 18.2 Å². The summed E-state index contributed by atoms with van der Waals surface area (Å²) in [5, 5.41) is 0. The summed E-state index contributed by atoms with van der Waals surface area (Å²) in [5.74, 6) is 1.15. The van der Waals surface area contributed by atoms with Crippen LogP contribution in [0.2, 0.25) is 0 Å². The maximum atomic E-state index is 5.79. The molecule has 1 unspecified atom stereocenters. The predicted octanol–water partition coefficient (Wildman–Crippen LogP) is 1.17. The van der Waals surface area contributed by atoms with Gasteiger partial charge in [0.2, 0.25) is 0 Å². The van der Waals surface area contributed by atoms with E-state index in [1.165, 1.54) is 0 Å². The number of aryl methyl sites for hydroxylation is 1. The summed E-state index contributed by atoms with van der Waals surface area (Å²) in [5.41, 5.74) is 0. The second-order valence-corrected chi connectivity index (χ2v) is 4.24. The Kier molecular flexibility index (Phi) is 3.96. The first kappa shape index (κ1) is 11.6. The van der Waals surface area contributed by atoms with Crippen LogP contribution in [0.4, 0.5) is 0 Å². The maximum absolute atomic E-state index is 5.79. The fourth-order valence-corrected chi connectivity index (χ4v) is 2.22. The summed E-state index contributed by atoms with van der Waals surface area (Å²) in [6.45, 7) is 9.35. The molecule has 0 aliphatic carbocycles. The molecule has 2 rings (SSSR count). The molecule has 0 amide bonds. The van der Waals surface area contributed by atoms with Crippen LogP contribution in [0.5, 0.6) is 0 Å². The maximum Gasteiger partial charge on any atom is 0.108 e. The van der Waals surface area contributed by atoms with Crippen LogP contribution >= 0.6 is 0 Å². The summed E-state index contributed by atoms with van der Waals surface area (Å²) in [6.07, 6.45) is 5.22. The van der Waals surface area contributed by atoms with Crippen molar-refractivity contribution in [2.45, 2.75) is 32.9 Å². The summed E-state index contributed by atoms with van der Waals surface area (Å²) in [7, 11) is 0. The van der Waals surface area contributed by atoms with Gasteiger partial charge in [-0.05, 0) is 6.54 Å². The Morgan fingerprint density at radius 3 is 3.12 bits per heavy atom. The molecule has 4 nitrogen and oxygen atoms in total. The SMILES string of the molecule is CCc1nccn1CC1CN(CC)CCO1. The second kappa shape index (κ2) is 5.46. The fraction of sp³-hybridized carbons (Fsp3) is 0.750. The van der Waals surface area contributed by atoms with Gasteiger partial charge < -0.3 is 9.30 Å². The lowest BCUT2D eigenvalue weighted by Crippen LogP contribution is -2.44. The number of aromatic nitrogens is 2. The number of morpholine rings is 1. The van der Waals surface area contributed by atoms with Gasteiger partial charge in [0, 0.05) is 31.9 Å². The molecule has 90 valence electrons. The zero-order valence-electron chi connectivity index (χ0n) is 10.2. The van der Waals surface area contributed by atoms with Crippen LogP contribution in [0.15, 0.2) is 12.4 Å². The van der Waals surface area contributed by atoms with Crippen molar-refractivity contribution in [1.82, 2.24) is 14.5 Å². The molecular formula is C12H21N3O. The van der Waals surface area contributed by atoms with E-state index in [2.05, 4.69) is 28.3 Å². The molecule has 0 radical (unpaired) electrons. The zero-order valence-corrected chi connectivity index (χ0v) is 10.2. The molecule has 0 spiro atoms. The molecule has 1 saturated heterocycles. The molecular weight excluding hydrogens is 202 g/mol. The minimum Gasteiger partial charge on any atom is -0.374 e. The quantitative estimate of drug-likeness (QED) is 0.767. The van der Waals surface area contributed by atoms with Gasteiger partial charge in [-0.3, -0.25) is 4.90 Å². The zero-order chi connectivity index (χ0) is 11.4. The number of nitrogens with zero attached hydrogens (tertiary/aromatic N) is 3. The van der Waals surface area contributed by atoms with Gasteiger partial charge in [-0.1, -0.05) is 13.8 Å². The van der Waals surface area contributed by atoms with Crippen molar-refractivity contribution >= 4 is 0 Å². The van der Waals surface area contributed by atoms with Crippen molar-refractivity contribution in [2.24, 2.45) is 0 Å². The second-order valence-electron chi connectivity index (χ2n) is 4.24. The highest BCUT2D eigenvalue weighted by Crippen LogP contribution is 2.09. The summed E-state index contributed by atoms with van der Waals surface area (Å²) in [4.78, 5) is 6.77. The minimum atomic E-state index is 0.313. The van der Waals surface area contributed by atoms with Gasteiger partial charge in [0.15, 0.2) is 0 Å². The fourth-order valence-electron chi connectivity index (χ4n) is 2.22. The van der Waals surface area contributed by atoms with Crippen molar-refractivity contribution in [1.29, 1.82) is 0 Å². The van der Waals surface area contributed by atoms with Gasteiger partial charge in [-0.15, -0.1) is 0 Å². The van der Waals surface area contributed by atoms with Gasteiger partial charge in [0.25, 0.3) is 0 Å². The summed E-state index contributed by atoms with van der Waals surface area (Å²) >= 11 is 0. The van der Waals surface area contributed by atoms with Crippen LogP contribution in [-0.4, -0.2) is 46.8 Å². The first-order valence-corrected chi connectivity index (χ1v) is 6.17. The van der Waals surface area contributed by atoms with Gasteiger partial charge in [-0.2, -0.15) is 0 Å². The minimum absolute atomic E-state index is 0.313. The number of hydrogen-bond acceptors (Lipinski definition) is 3. The number of ether oxygens (including phenoxy) is 1. The molecule has 1 fully saturated rings. The number of likely N-dealkylation sites (N-methyl/N-ethyl adjacent to an activating group) is 1. The Bertz CT molecular complexity index is 324. The third-order valence-electron chi connectivity index (χ3n) is 3.19. The van der Waals surface area contributed by atoms with Gasteiger partial charge in [-0.25, -0.2) is 4.98 Å². The van der Waals surface area contributed by atoms with Crippen LogP contribution in [-0.2, 0) is 17.7 Å². The molecule has 1 aliphatic rings. The Morgan fingerprint density at radius 1 is 1.50 bits per heavy atom. The molecule has 0 N–H and O–H groups in total. The van der Waals surface area contributed by atoms with Crippen LogP contribution in [0.25, 0.3) is 0 Å². The average molecular weight is 223 g/mol. The largest absolute Gasteiger partial charge is 0.374 e. The van der Waals surface area contributed by atoms with Gasteiger partial charge >= 0.3 is 0 Å². The van der Waals surface area contributed by atoms with E-state index in [1.807, 2.05) is 12.4 Å².